The molecule has 116 valence electrons. The topological polar surface area (TPSA) is 65.5 Å². The molecule has 0 aliphatic heterocycles. The summed E-state index contributed by atoms with van der Waals surface area (Å²) >= 11 is 0. The number of carbonyl (C=O) groups excluding carboxylic acids is 1. The number of carbonyl (C=O) groups is 1. The minimum absolute atomic E-state index is 0.0971. The maximum atomic E-state index is 11.9. The van der Waals surface area contributed by atoms with E-state index in [1.807, 2.05) is 45.0 Å². The van der Waals surface area contributed by atoms with Gasteiger partial charge in [0.05, 0.1) is 6.54 Å². The lowest BCUT2D eigenvalue weighted by molar-refractivity contribution is -0.115. The molecule has 1 amide bonds. The first-order valence-electron chi connectivity index (χ1n) is 7.21. The van der Waals surface area contributed by atoms with E-state index in [0.717, 1.165) is 12.1 Å². The van der Waals surface area contributed by atoms with Gasteiger partial charge in [-0.1, -0.05) is 19.1 Å². The molecule has 5 nitrogen and oxygen atoms in total. The number of amides is 1. The van der Waals surface area contributed by atoms with E-state index in [1.54, 1.807) is 7.05 Å². The van der Waals surface area contributed by atoms with Crippen molar-refractivity contribution in [3.05, 3.63) is 29.8 Å². The molecule has 0 bridgehead atoms. The number of anilines is 1. The second-order valence-corrected chi connectivity index (χ2v) is 5.90. The van der Waals surface area contributed by atoms with Crippen LogP contribution in [0.15, 0.2) is 29.3 Å². The van der Waals surface area contributed by atoms with Gasteiger partial charge in [0.25, 0.3) is 0 Å². The Morgan fingerprint density at radius 3 is 2.57 bits per heavy atom. The van der Waals surface area contributed by atoms with Gasteiger partial charge in [-0.25, -0.2) is 0 Å². The third-order valence-corrected chi connectivity index (χ3v) is 2.75. The third kappa shape index (κ3) is 6.79. The average molecular weight is 290 g/mol. The van der Waals surface area contributed by atoms with Crippen LogP contribution in [0.2, 0.25) is 0 Å². The van der Waals surface area contributed by atoms with Gasteiger partial charge in [-0.2, -0.15) is 0 Å². The van der Waals surface area contributed by atoms with Crippen molar-refractivity contribution in [3.63, 3.8) is 0 Å². The van der Waals surface area contributed by atoms with Crippen LogP contribution in [-0.2, 0) is 11.2 Å². The van der Waals surface area contributed by atoms with Gasteiger partial charge in [0.1, 0.15) is 0 Å². The highest BCUT2D eigenvalue weighted by atomic mass is 16.1. The highest BCUT2D eigenvalue weighted by Crippen LogP contribution is 2.10. The molecule has 1 aromatic carbocycles. The summed E-state index contributed by atoms with van der Waals surface area (Å²) in [6.07, 6.45) is 0.949. The molecule has 0 spiro atoms. The highest BCUT2D eigenvalue weighted by Gasteiger charge is 2.12. The van der Waals surface area contributed by atoms with E-state index in [-0.39, 0.29) is 18.0 Å². The van der Waals surface area contributed by atoms with Crippen molar-refractivity contribution in [2.24, 2.45) is 4.99 Å². The van der Waals surface area contributed by atoms with Gasteiger partial charge in [0, 0.05) is 18.3 Å². The van der Waals surface area contributed by atoms with E-state index in [1.165, 1.54) is 5.56 Å². The summed E-state index contributed by atoms with van der Waals surface area (Å²) in [5.74, 6) is 0.514. The molecule has 0 heterocycles. The molecule has 1 rings (SSSR count). The highest BCUT2D eigenvalue weighted by molar-refractivity contribution is 5.95. The summed E-state index contributed by atoms with van der Waals surface area (Å²) in [6.45, 7) is 8.37. The number of aliphatic imine (C=N–C) groups is 1. The Labute approximate surface area is 127 Å². The van der Waals surface area contributed by atoms with Crippen LogP contribution in [0.1, 0.15) is 33.3 Å². The number of rotatable bonds is 4. The predicted molar refractivity (Wildman–Crippen MR) is 88.7 cm³/mol. The molecule has 0 aliphatic carbocycles. The van der Waals surface area contributed by atoms with Gasteiger partial charge in [-0.05, 0) is 44.9 Å². The van der Waals surface area contributed by atoms with E-state index in [4.69, 9.17) is 0 Å². The Bertz CT molecular complexity index is 503. The second kappa shape index (κ2) is 7.67. The van der Waals surface area contributed by atoms with Gasteiger partial charge in [-0.15, -0.1) is 0 Å². The summed E-state index contributed by atoms with van der Waals surface area (Å²) in [4.78, 5) is 16.0. The van der Waals surface area contributed by atoms with Crippen molar-refractivity contribution < 1.29 is 4.79 Å². The van der Waals surface area contributed by atoms with Crippen LogP contribution in [0.5, 0.6) is 0 Å². The van der Waals surface area contributed by atoms with Gasteiger partial charge in [-0.3, -0.25) is 9.79 Å². The van der Waals surface area contributed by atoms with Crippen LogP contribution in [0.3, 0.4) is 0 Å². The summed E-state index contributed by atoms with van der Waals surface area (Å²) in [5, 5.41) is 9.08. The number of benzene rings is 1. The molecule has 0 aromatic heterocycles. The van der Waals surface area contributed by atoms with E-state index in [2.05, 4.69) is 27.9 Å². The van der Waals surface area contributed by atoms with Crippen LogP contribution in [0.25, 0.3) is 0 Å². The molecular weight excluding hydrogens is 264 g/mol. The summed E-state index contributed by atoms with van der Waals surface area (Å²) in [6, 6.07) is 7.87. The molecule has 0 saturated carbocycles. The Morgan fingerprint density at radius 2 is 2.00 bits per heavy atom. The van der Waals surface area contributed by atoms with E-state index >= 15 is 0 Å². The number of nitrogens with zero attached hydrogens (tertiary/aromatic N) is 1. The van der Waals surface area contributed by atoms with E-state index in [9.17, 15) is 4.79 Å². The molecule has 0 saturated heterocycles. The van der Waals surface area contributed by atoms with Crippen molar-refractivity contribution in [1.82, 2.24) is 10.6 Å². The first-order chi connectivity index (χ1) is 9.84. The Hall–Kier alpha value is -2.04. The maximum absolute atomic E-state index is 11.9. The first kappa shape index (κ1) is 17.0. The molecule has 5 heteroatoms. The molecule has 0 fully saturated rings. The van der Waals surface area contributed by atoms with E-state index < -0.39 is 0 Å². The van der Waals surface area contributed by atoms with Crippen molar-refractivity contribution in [3.8, 4) is 0 Å². The molecule has 0 radical (unpaired) electrons. The predicted octanol–water partition coefficient (Wildman–Crippen LogP) is 2.15. The quantitative estimate of drug-likeness (QED) is 0.588. The lowest BCUT2D eigenvalue weighted by Gasteiger charge is -2.23. The van der Waals surface area contributed by atoms with Crippen LogP contribution < -0.4 is 16.0 Å². The molecule has 3 N–H and O–H groups in total. The van der Waals surface area contributed by atoms with Gasteiger partial charge in [0.2, 0.25) is 5.91 Å². The number of nitrogens with one attached hydrogen (secondary N) is 3. The SMILES string of the molecule is CCc1cccc(NC(=O)CNC(=NC)NC(C)(C)C)c1. The van der Waals surface area contributed by atoms with Gasteiger partial charge in [0.15, 0.2) is 5.96 Å². The zero-order valence-electron chi connectivity index (χ0n) is 13.6. The average Bonchev–Trinajstić information content (AvgIpc) is 2.42. The van der Waals surface area contributed by atoms with Crippen molar-refractivity contribution in [2.75, 3.05) is 18.9 Å². The summed E-state index contributed by atoms with van der Waals surface area (Å²) in [7, 11) is 1.68. The fraction of sp³-hybridized carbons (Fsp3) is 0.500. The third-order valence-electron chi connectivity index (χ3n) is 2.75. The number of hydrogen-bond acceptors (Lipinski definition) is 2. The normalized spacial score (nSPS) is 12.0. The minimum atomic E-state index is -0.103. The van der Waals surface area contributed by atoms with Crippen LogP contribution in [0.4, 0.5) is 5.69 Å². The standard InChI is InChI=1S/C16H26N4O/c1-6-12-8-7-9-13(10-12)19-14(21)11-18-15(17-5)20-16(2,3)4/h7-10H,6,11H2,1-5H3,(H,19,21)(H2,17,18,20). The van der Waals surface area contributed by atoms with Gasteiger partial charge < -0.3 is 16.0 Å². The molecule has 1 aromatic rings. The van der Waals surface area contributed by atoms with Gasteiger partial charge >= 0.3 is 0 Å². The van der Waals surface area contributed by atoms with Crippen LogP contribution >= 0.6 is 0 Å². The molecule has 21 heavy (non-hydrogen) atoms. The molecule has 0 unspecified atom stereocenters. The van der Waals surface area contributed by atoms with Crippen molar-refractivity contribution in [1.29, 1.82) is 0 Å². The number of hydrogen-bond donors (Lipinski definition) is 3. The van der Waals surface area contributed by atoms with Crippen molar-refractivity contribution in [2.45, 2.75) is 39.7 Å². The van der Waals surface area contributed by atoms with Crippen molar-refractivity contribution >= 4 is 17.6 Å². The van der Waals surface area contributed by atoms with E-state index in [0.29, 0.717) is 5.96 Å². The Morgan fingerprint density at radius 1 is 1.29 bits per heavy atom. The lowest BCUT2D eigenvalue weighted by atomic mass is 10.1. The maximum Gasteiger partial charge on any atom is 0.243 e. The Kier molecular flexibility index (Phi) is 6.21. The van der Waals surface area contributed by atoms with Crippen LogP contribution in [0, 0.1) is 0 Å². The minimum Gasteiger partial charge on any atom is -0.352 e. The number of aryl methyl sites for hydroxylation is 1. The molecular formula is C16H26N4O. The monoisotopic (exact) mass is 290 g/mol. The summed E-state index contributed by atoms with van der Waals surface area (Å²) in [5.41, 5.74) is 1.92. The smallest absolute Gasteiger partial charge is 0.243 e. The zero-order valence-corrected chi connectivity index (χ0v) is 13.6. The zero-order chi connectivity index (χ0) is 15.9. The van der Waals surface area contributed by atoms with Crippen LogP contribution in [-0.4, -0.2) is 31.0 Å². The Balaban J connectivity index is 2.50. The fourth-order valence-electron chi connectivity index (χ4n) is 1.77. The molecule has 0 atom stereocenters. The molecule has 0 aliphatic rings. The number of guanidine groups is 1. The second-order valence-electron chi connectivity index (χ2n) is 5.90. The first-order valence-corrected chi connectivity index (χ1v) is 7.21. The lowest BCUT2D eigenvalue weighted by Crippen LogP contribution is -2.49. The summed E-state index contributed by atoms with van der Waals surface area (Å²) < 4.78 is 0. The fourth-order valence-corrected chi connectivity index (χ4v) is 1.77. The largest absolute Gasteiger partial charge is 0.352 e.